The number of hydrogen-bond donors (Lipinski definition) is 0. The second-order valence-corrected chi connectivity index (χ2v) is 9.19. The van der Waals surface area contributed by atoms with Crippen LogP contribution in [0.5, 0.6) is 0 Å². The molecule has 33 heavy (non-hydrogen) atoms. The van der Waals surface area contributed by atoms with Crippen LogP contribution in [0.2, 0.25) is 0 Å². The van der Waals surface area contributed by atoms with Gasteiger partial charge in [-0.15, -0.1) is 11.8 Å². The summed E-state index contributed by atoms with van der Waals surface area (Å²) >= 11 is 1.49. The van der Waals surface area contributed by atoms with E-state index in [2.05, 4.69) is 0 Å². The third-order valence-corrected chi connectivity index (χ3v) is 7.12. The molecule has 1 aliphatic heterocycles. The minimum Gasteiger partial charge on any atom is -0.377 e. The first-order valence-electron chi connectivity index (χ1n) is 10.3. The molecule has 0 aliphatic carbocycles. The summed E-state index contributed by atoms with van der Waals surface area (Å²) in [4.78, 5) is 2.80. The predicted molar refractivity (Wildman–Crippen MR) is 113 cm³/mol. The Morgan fingerprint density at radius 3 is 2.06 bits per heavy atom. The van der Waals surface area contributed by atoms with Gasteiger partial charge >= 0.3 is 12.4 Å². The van der Waals surface area contributed by atoms with E-state index in [4.69, 9.17) is 4.74 Å². The molecule has 1 fully saturated rings. The van der Waals surface area contributed by atoms with Gasteiger partial charge in [-0.25, -0.2) is 4.39 Å². The number of hydrogen-bond acceptors (Lipinski definition) is 3. The third-order valence-electron chi connectivity index (χ3n) is 5.86. The van der Waals surface area contributed by atoms with Crippen LogP contribution in [0.15, 0.2) is 47.4 Å². The number of thioether (sulfide) groups is 1. The monoisotopic (exact) mass is 495 g/mol. The van der Waals surface area contributed by atoms with Crippen molar-refractivity contribution in [2.45, 2.75) is 42.1 Å². The normalized spacial score (nSPS) is 17.3. The van der Waals surface area contributed by atoms with E-state index in [1.807, 2.05) is 11.0 Å². The van der Waals surface area contributed by atoms with Gasteiger partial charge in [0.1, 0.15) is 5.82 Å². The quantitative estimate of drug-likeness (QED) is 0.314. The van der Waals surface area contributed by atoms with Crippen molar-refractivity contribution in [3.8, 4) is 0 Å². The standard InChI is InChI=1S/C23H24F7NOS/c1-32-21(15-33-20-4-2-3-19(24)14-20)6-9-31(10-7-21)8-5-16-11-17(22(25,26)27)13-18(12-16)23(28,29)30/h2-4,11-14H,5-10,15H2,1H3. The molecule has 2 aromatic carbocycles. The molecule has 3 rings (SSSR count). The number of halogens is 7. The molecule has 0 radical (unpaired) electrons. The van der Waals surface area contributed by atoms with Crippen molar-refractivity contribution < 1.29 is 35.5 Å². The van der Waals surface area contributed by atoms with Crippen molar-refractivity contribution in [3.63, 3.8) is 0 Å². The molecule has 1 aliphatic rings. The molecule has 0 bridgehead atoms. The fourth-order valence-electron chi connectivity index (χ4n) is 3.81. The Bertz CT molecular complexity index is 905. The SMILES string of the molecule is COC1(CSc2cccc(F)c2)CCN(CCc2cc(C(F)(F)F)cc(C(F)(F)F)c2)CC1. The number of likely N-dealkylation sites (tertiary alicyclic amines) is 1. The lowest BCUT2D eigenvalue weighted by Gasteiger charge is -2.40. The first-order chi connectivity index (χ1) is 15.4. The van der Waals surface area contributed by atoms with Crippen molar-refractivity contribution in [1.82, 2.24) is 4.90 Å². The highest BCUT2D eigenvalue weighted by Crippen LogP contribution is 2.37. The van der Waals surface area contributed by atoms with Gasteiger partial charge in [-0.05, 0) is 61.2 Å². The fraction of sp³-hybridized carbons (Fsp3) is 0.478. The number of ether oxygens (including phenoxy) is 1. The van der Waals surface area contributed by atoms with Gasteiger partial charge < -0.3 is 9.64 Å². The Hall–Kier alpha value is -1.78. The van der Waals surface area contributed by atoms with Gasteiger partial charge in [-0.3, -0.25) is 0 Å². The summed E-state index contributed by atoms with van der Waals surface area (Å²) < 4.78 is 97.5. The maximum absolute atomic E-state index is 13.4. The second kappa shape index (κ2) is 10.2. The minimum atomic E-state index is -4.85. The molecule has 2 nitrogen and oxygen atoms in total. The zero-order chi connectivity index (χ0) is 24.3. The summed E-state index contributed by atoms with van der Waals surface area (Å²) in [6.07, 6.45) is -8.31. The fourth-order valence-corrected chi connectivity index (χ4v) is 5.02. The summed E-state index contributed by atoms with van der Waals surface area (Å²) in [5.74, 6) is 0.299. The highest BCUT2D eigenvalue weighted by Gasteiger charge is 2.37. The van der Waals surface area contributed by atoms with E-state index in [-0.39, 0.29) is 23.9 Å². The van der Waals surface area contributed by atoms with Crippen molar-refractivity contribution in [2.24, 2.45) is 0 Å². The summed E-state index contributed by atoms with van der Waals surface area (Å²) in [5.41, 5.74) is -3.01. The summed E-state index contributed by atoms with van der Waals surface area (Å²) in [6.45, 7) is 1.54. The zero-order valence-corrected chi connectivity index (χ0v) is 18.7. The number of benzene rings is 2. The largest absolute Gasteiger partial charge is 0.416 e. The number of methoxy groups -OCH3 is 1. The van der Waals surface area contributed by atoms with Crippen LogP contribution >= 0.6 is 11.8 Å². The number of rotatable bonds is 7. The minimum absolute atomic E-state index is 0.00221. The topological polar surface area (TPSA) is 12.5 Å². The van der Waals surface area contributed by atoms with Gasteiger partial charge in [0.25, 0.3) is 0 Å². The van der Waals surface area contributed by atoms with Gasteiger partial charge in [0.15, 0.2) is 0 Å². The Labute approximate surface area is 192 Å². The van der Waals surface area contributed by atoms with Crippen LogP contribution in [0.1, 0.15) is 29.5 Å². The third kappa shape index (κ3) is 7.10. The molecule has 0 N–H and O–H groups in total. The summed E-state index contributed by atoms with van der Waals surface area (Å²) in [7, 11) is 1.61. The van der Waals surface area contributed by atoms with Crippen molar-refractivity contribution >= 4 is 11.8 Å². The average molecular weight is 496 g/mol. The molecule has 0 aromatic heterocycles. The lowest BCUT2D eigenvalue weighted by atomic mass is 9.92. The van der Waals surface area contributed by atoms with Crippen LogP contribution in [0.3, 0.4) is 0 Å². The van der Waals surface area contributed by atoms with Crippen LogP contribution in [-0.4, -0.2) is 43.0 Å². The molecular weight excluding hydrogens is 471 g/mol. The molecule has 0 saturated carbocycles. The molecule has 182 valence electrons. The summed E-state index contributed by atoms with van der Waals surface area (Å²) in [5, 5.41) is 0. The lowest BCUT2D eigenvalue weighted by molar-refractivity contribution is -0.143. The first kappa shape index (κ1) is 25.8. The molecule has 0 spiro atoms. The molecule has 10 heteroatoms. The van der Waals surface area contributed by atoms with E-state index in [1.165, 1.54) is 23.9 Å². The molecule has 0 unspecified atom stereocenters. The molecule has 2 aromatic rings. The van der Waals surface area contributed by atoms with Crippen molar-refractivity contribution in [1.29, 1.82) is 0 Å². The van der Waals surface area contributed by atoms with E-state index in [0.29, 0.717) is 38.2 Å². The smallest absolute Gasteiger partial charge is 0.377 e. The van der Waals surface area contributed by atoms with Gasteiger partial charge in [0.2, 0.25) is 0 Å². The maximum atomic E-state index is 13.4. The van der Waals surface area contributed by atoms with Crippen LogP contribution in [0.4, 0.5) is 30.7 Å². The molecule has 1 saturated heterocycles. The van der Waals surface area contributed by atoms with E-state index >= 15 is 0 Å². The lowest BCUT2D eigenvalue weighted by Crippen LogP contribution is -2.47. The molecular formula is C23H24F7NOS. The van der Waals surface area contributed by atoms with Gasteiger partial charge in [0.05, 0.1) is 16.7 Å². The van der Waals surface area contributed by atoms with Gasteiger partial charge in [-0.1, -0.05) is 6.07 Å². The van der Waals surface area contributed by atoms with Crippen LogP contribution < -0.4 is 0 Å². The van der Waals surface area contributed by atoms with Gasteiger partial charge in [0, 0.05) is 37.4 Å². The Balaban J connectivity index is 1.59. The van der Waals surface area contributed by atoms with Crippen LogP contribution in [0.25, 0.3) is 0 Å². The van der Waals surface area contributed by atoms with Crippen LogP contribution in [0, 0.1) is 5.82 Å². The zero-order valence-electron chi connectivity index (χ0n) is 17.9. The number of alkyl halides is 6. The van der Waals surface area contributed by atoms with E-state index < -0.39 is 29.1 Å². The Kier molecular flexibility index (Phi) is 8.01. The molecule has 1 heterocycles. The molecule has 0 atom stereocenters. The highest BCUT2D eigenvalue weighted by atomic mass is 32.2. The maximum Gasteiger partial charge on any atom is 0.416 e. The second-order valence-electron chi connectivity index (χ2n) is 8.14. The highest BCUT2D eigenvalue weighted by molar-refractivity contribution is 7.99. The van der Waals surface area contributed by atoms with Gasteiger partial charge in [-0.2, -0.15) is 26.3 Å². The summed E-state index contributed by atoms with van der Waals surface area (Å²) in [6, 6.07) is 7.99. The Morgan fingerprint density at radius 2 is 1.55 bits per heavy atom. The first-order valence-corrected chi connectivity index (χ1v) is 11.3. The van der Waals surface area contributed by atoms with E-state index in [0.717, 1.165) is 17.0 Å². The molecule has 0 amide bonds. The van der Waals surface area contributed by atoms with E-state index in [9.17, 15) is 30.7 Å². The van der Waals surface area contributed by atoms with Crippen molar-refractivity contribution in [3.05, 3.63) is 65.0 Å². The van der Waals surface area contributed by atoms with Crippen molar-refractivity contribution in [2.75, 3.05) is 32.5 Å². The predicted octanol–water partition coefficient (Wildman–Crippen LogP) is 6.68. The van der Waals surface area contributed by atoms with E-state index in [1.54, 1.807) is 13.2 Å². The Morgan fingerprint density at radius 1 is 0.939 bits per heavy atom. The number of piperidine rings is 1. The van der Waals surface area contributed by atoms with Crippen LogP contribution in [-0.2, 0) is 23.5 Å². The number of nitrogens with zero attached hydrogens (tertiary/aromatic N) is 1. The average Bonchev–Trinajstić information content (AvgIpc) is 2.76.